The van der Waals surface area contributed by atoms with Crippen LogP contribution in [-0.2, 0) is 11.3 Å². The number of carbonyl (C=O) groups is 1. The molecular formula is C13H19NO3. The maximum absolute atomic E-state index is 11.0. The van der Waals surface area contributed by atoms with E-state index in [1.807, 2.05) is 30.1 Å². The van der Waals surface area contributed by atoms with Gasteiger partial charge < -0.3 is 9.47 Å². The monoisotopic (exact) mass is 237 g/mol. The number of Topliss-reactive ketones (excluding diaryl/α,β-unsaturated/α-hetero) is 1. The Bertz CT molecular complexity index is 390. The fraction of sp³-hybridized carbons (Fsp3) is 0.462. The van der Waals surface area contributed by atoms with Crippen LogP contribution in [0.3, 0.4) is 0 Å². The minimum atomic E-state index is 0.153. The van der Waals surface area contributed by atoms with Crippen molar-refractivity contribution in [3.05, 3.63) is 23.8 Å². The highest BCUT2D eigenvalue weighted by molar-refractivity contribution is 5.77. The van der Waals surface area contributed by atoms with Crippen molar-refractivity contribution in [2.75, 3.05) is 27.8 Å². The Hall–Kier alpha value is -1.55. The summed E-state index contributed by atoms with van der Waals surface area (Å²) in [6.45, 7) is 2.70. The molecule has 17 heavy (non-hydrogen) atoms. The summed E-state index contributed by atoms with van der Waals surface area (Å²) < 4.78 is 10.4. The molecule has 0 saturated carbocycles. The second-order valence-corrected chi connectivity index (χ2v) is 4.05. The molecule has 0 unspecified atom stereocenters. The average molecular weight is 237 g/mol. The lowest BCUT2D eigenvalue weighted by Crippen LogP contribution is -2.24. The number of rotatable bonds is 6. The maximum Gasteiger partial charge on any atom is 0.143 e. The third-order valence-electron chi connectivity index (χ3n) is 2.43. The van der Waals surface area contributed by atoms with Gasteiger partial charge in [-0.05, 0) is 20.0 Å². The van der Waals surface area contributed by atoms with Crippen molar-refractivity contribution in [3.63, 3.8) is 0 Å². The number of nitrogens with zero attached hydrogens (tertiary/aromatic N) is 1. The fourth-order valence-electron chi connectivity index (χ4n) is 1.71. The predicted octanol–water partition coefficient (Wildman–Crippen LogP) is 1.72. The molecule has 0 aliphatic carbocycles. The van der Waals surface area contributed by atoms with Crippen LogP contribution >= 0.6 is 0 Å². The van der Waals surface area contributed by atoms with Crippen LogP contribution in [0.1, 0.15) is 12.5 Å². The van der Waals surface area contributed by atoms with Crippen molar-refractivity contribution in [3.8, 4) is 11.5 Å². The zero-order valence-electron chi connectivity index (χ0n) is 10.8. The Morgan fingerprint density at radius 2 is 2.00 bits per heavy atom. The van der Waals surface area contributed by atoms with E-state index in [1.54, 1.807) is 21.1 Å². The van der Waals surface area contributed by atoms with Crippen molar-refractivity contribution >= 4 is 5.78 Å². The topological polar surface area (TPSA) is 38.8 Å². The van der Waals surface area contributed by atoms with Crippen molar-refractivity contribution in [1.29, 1.82) is 0 Å². The summed E-state index contributed by atoms with van der Waals surface area (Å²) in [7, 11) is 5.16. The molecule has 0 saturated heterocycles. The molecule has 94 valence electrons. The quantitative estimate of drug-likeness (QED) is 0.755. The Morgan fingerprint density at radius 3 is 2.53 bits per heavy atom. The van der Waals surface area contributed by atoms with Crippen LogP contribution in [0.4, 0.5) is 0 Å². The number of hydrogen-bond acceptors (Lipinski definition) is 4. The molecule has 0 aromatic heterocycles. The highest BCUT2D eigenvalue weighted by atomic mass is 16.5. The Labute approximate surface area is 102 Å². The van der Waals surface area contributed by atoms with Crippen molar-refractivity contribution in [2.24, 2.45) is 0 Å². The normalized spacial score (nSPS) is 10.4. The van der Waals surface area contributed by atoms with E-state index < -0.39 is 0 Å². The van der Waals surface area contributed by atoms with E-state index in [9.17, 15) is 4.79 Å². The summed E-state index contributed by atoms with van der Waals surface area (Å²) in [5.74, 6) is 1.69. The molecular weight excluding hydrogens is 218 g/mol. The largest absolute Gasteiger partial charge is 0.497 e. The van der Waals surface area contributed by atoms with E-state index in [0.29, 0.717) is 13.1 Å². The summed E-state index contributed by atoms with van der Waals surface area (Å²) in [5.41, 5.74) is 1.04. The van der Waals surface area contributed by atoms with Gasteiger partial charge in [0.1, 0.15) is 17.3 Å². The first-order valence-electron chi connectivity index (χ1n) is 5.45. The number of benzene rings is 1. The van der Waals surface area contributed by atoms with Crippen LogP contribution in [0.2, 0.25) is 0 Å². The highest BCUT2D eigenvalue weighted by Gasteiger charge is 2.08. The molecule has 0 amide bonds. The van der Waals surface area contributed by atoms with Crippen LogP contribution in [0.25, 0.3) is 0 Å². The van der Waals surface area contributed by atoms with E-state index in [0.717, 1.165) is 17.1 Å². The average Bonchev–Trinajstić information content (AvgIpc) is 2.28. The van der Waals surface area contributed by atoms with E-state index in [1.165, 1.54) is 0 Å². The molecule has 0 N–H and O–H groups in total. The number of hydrogen-bond donors (Lipinski definition) is 0. The third-order valence-corrected chi connectivity index (χ3v) is 2.43. The van der Waals surface area contributed by atoms with Gasteiger partial charge in [-0.15, -0.1) is 0 Å². The molecule has 0 aliphatic rings. The van der Waals surface area contributed by atoms with E-state index >= 15 is 0 Å². The van der Waals surface area contributed by atoms with Gasteiger partial charge in [0.15, 0.2) is 0 Å². The van der Waals surface area contributed by atoms with E-state index in [2.05, 4.69) is 0 Å². The van der Waals surface area contributed by atoms with Gasteiger partial charge >= 0.3 is 0 Å². The Kier molecular flexibility index (Phi) is 4.97. The lowest BCUT2D eigenvalue weighted by Gasteiger charge is -2.17. The first-order valence-corrected chi connectivity index (χ1v) is 5.45. The SMILES string of the molecule is COc1ccc(CN(C)CC(C)=O)c(OC)c1. The number of likely N-dealkylation sites (N-methyl/N-ethyl adjacent to an activating group) is 1. The second-order valence-electron chi connectivity index (χ2n) is 4.05. The maximum atomic E-state index is 11.0. The van der Waals surface area contributed by atoms with Crippen molar-refractivity contribution in [1.82, 2.24) is 4.90 Å². The van der Waals surface area contributed by atoms with Crippen LogP contribution in [-0.4, -0.2) is 38.5 Å². The molecule has 4 nitrogen and oxygen atoms in total. The Balaban J connectivity index is 2.79. The van der Waals surface area contributed by atoms with Crippen LogP contribution < -0.4 is 9.47 Å². The third kappa shape index (κ3) is 4.07. The molecule has 0 fully saturated rings. The van der Waals surface area contributed by atoms with Gasteiger partial charge in [-0.1, -0.05) is 6.07 Å². The minimum Gasteiger partial charge on any atom is -0.497 e. The smallest absolute Gasteiger partial charge is 0.143 e. The molecule has 4 heteroatoms. The van der Waals surface area contributed by atoms with Crippen molar-refractivity contribution < 1.29 is 14.3 Å². The molecule has 0 radical (unpaired) electrons. The van der Waals surface area contributed by atoms with Crippen molar-refractivity contribution in [2.45, 2.75) is 13.5 Å². The zero-order valence-corrected chi connectivity index (χ0v) is 10.8. The van der Waals surface area contributed by atoms with E-state index in [4.69, 9.17) is 9.47 Å². The Morgan fingerprint density at radius 1 is 1.29 bits per heavy atom. The second kappa shape index (κ2) is 6.25. The zero-order chi connectivity index (χ0) is 12.8. The molecule has 0 aliphatic heterocycles. The highest BCUT2D eigenvalue weighted by Crippen LogP contribution is 2.25. The van der Waals surface area contributed by atoms with Crippen LogP contribution in [0, 0.1) is 0 Å². The molecule has 0 heterocycles. The number of ether oxygens (including phenoxy) is 2. The summed E-state index contributed by atoms with van der Waals surface area (Å²) in [6, 6.07) is 5.69. The van der Waals surface area contributed by atoms with Gasteiger partial charge in [0.05, 0.1) is 20.8 Å². The predicted molar refractivity (Wildman–Crippen MR) is 66.6 cm³/mol. The van der Waals surface area contributed by atoms with Crippen LogP contribution in [0.5, 0.6) is 11.5 Å². The number of ketones is 1. The first-order chi connectivity index (χ1) is 8.06. The van der Waals surface area contributed by atoms with Gasteiger partial charge in [0.25, 0.3) is 0 Å². The van der Waals surface area contributed by atoms with Gasteiger partial charge in [-0.2, -0.15) is 0 Å². The summed E-state index contributed by atoms with van der Waals surface area (Å²) >= 11 is 0. The molecule has 1 aromatic rings. The minimum absolute atomic E-state index is 0.153. The van der Waals surface area contributed by atoms with Gasteiger partial charge in [0.2, 0.25) is 0 Å². The van der Waals surface area contributed by atoms with Crippen LogP contribution in [0.15, 0.2) is 18.2 Å². The van der Waals surface area contributed by atoms with Gasteiger partial charge in [0, 0.05) is 18.2 Å². The molecule has 1 aromatic carbocycles. The molecule has 0 spiro atoms. The molecule has 1 rings (SSSR count). The number of carbonyl (C=O) groups excluding carboxylic acids is 1. The molecule has 0 bridgehead atoms. The lowest BCUT2D eigenvalue weighted by molar-refractivity contribution is -0.117. The lowest BCUT2D eigenvalue weighted by atomic mass is 10.1. The first kappa shape index (κ1) is 13.5. The van der Waals surface area contributed by atoms with Gasteiger partial charge in [-0.25, -0.2) is 0 Å². The molecule has 0 atom stereocenters. The standard InChI is InChI=1S/C13H19NO3/c1-10(15)8-14(2)9-11-5-6-12(16-3)7-13(11)17-4/h5-7H,8-9H2,1-4H3. The fourth-order valence-corrected chi connectivity index (χ4v) is 1.71. The number of methoxy groups -OCH3 is 2. The summed E-state index contributed by atoms with van der Waals surface area (Å²) in [4.78, 5) is 13.0. The van der Waals surface area contributed by atoms with Gasteiger partial charge in [-0.3, -0.25) is 9.69 Å². The van der Waals surface area contributed by atoms with E-state index in [-0.39, 0.29) is 5.78 Å². The summed E-state index contributed by atoms with van der Waals surface area (Å²) in [6.07, 6.45) is 0. The summed E-state index contributed by atoms with van der Waals surface area (Å²) in [5, 5.41) is 0.